The van der Waals surface area contributed by atoms with Gasteiger partial charge in [0, 0.05) is 19.6 Å². The number of benzene rings is 1. The van der Waals surface area contributed by atoms with E-state index in [1.54, 1.807) is 17.0 Å². The number of amides is 1. The van der Waals surface area contributed by atoms with E-state index >= 15 is 0 Å². The second kappa shape index (κ2) is 8.50. The Balaban J connectivity index is 1.57. The summed E-state index contributed by atoms with van der Waals surface area (Å²) in [5.41, 5.74) is 1.16. The summed E-state index contributed by atoms with van der Waals surface area (Å²) in [5.74, 6) is -0.107. The highest BCUT2D eigenvalue weighted by Crippen LogP contribution is 2.30. The van der Waals surface area contributed by atoms with Crippen LogP contribution in [0.2, 0.25) is 0 Å². The molecule has 1 aromatic rings. The molecule has 0 bridgehead atoms. The van der Waals surface area contributed by atoms with Gasteiger partial charge in [-0.2, -0.15) is 4.31 Å². The number of hydrogen-bond acceptors (Lipinski definition) is 4. The molecule has 3 rings (SSSR count). The SMILES string of the molecule is CCCCCCc1ccc(S(=O)(=O)N2CC2C(=O)N2CCOCC2)cc1. The van der Waals surface area contributed by atoms with Crippen LogP contribution in [0.5, 0.6) is 0 Å². The minimum Gasteiger partial charge on any atom is -0.378 e. The normalized spacial score (nSPS) is 23.0. The number of carbonyl (C=O) groups excluding carboxylic acids is 1. The number of hydrogen-bond donors (Lipinski definition) is 0. The van der Waals surface area contributed by atoms with Gasteiger partial charge in [-0.25, -0.2) is 8.42 Å². The molecule has 2 heterocycles. The molecule has 6 nitrogen and oxygen atoms in total. The van der Waals surface area contributed by atoms with Crippen LogP contribution in [0.4, 0.5) is 0 Å². The molecule has 0 radical (unpaired) electrons. The molecule has 2 unspecified atom stereocenters. The summed E-state index contributed by atoms with van der Waals surface area (Å²) in [6, 6.07) is 6.56. The van der Waals surface area contributed by atoms with E-state index in [2.05, 4.69) is 6.92 Å². The Hall–Kier alpha value is -1.44. The summed E-state index contributed by atoms with van der Waals surface area (Å²) in [7, 11) is -3.59. The zero-order valence-corrected chi connectivity index (χ0v) is 16.2. The molecule has 0 aliphatic carbocycles. The average molecular weight is 381 g/mol. The van der Waals surface area contributed by atoms with Crippen LogP contribution < -0.4 is 0 Å². The number of carbonyl (C=O) groups is 1. The van der Waals surface area contributed by atoms with Crippen molar-refractivity contribution in [3.63, 3.8) is 0 Å². The predicted octanol–water partition coefficient (Wildman–Crippen LogP) is 2.04. The molecule has 7 heteroatoms. The van der Waals surface area contributed by atoms with Gasteiger partial charge in [0.2, 0.25) is 15.9 Å². The maximum Gasteiger partial charge on any atom is 0.243 e. The summed E-state index contributed by atoms with van der Waals surface area (Å²) >= 11 is 0. The molecule has 144 valence electrons. The van der Waals surface area contributed by atoms with E-state index in [9.17, 15) is 13.2 Å². The van der Waals surface area contributed by atoms with E-state index in [1.807, 2.05) is 12.1 Å². The molecular weight excluding hydrogens is 352 g/mol. The van der Waals surface area contributed by atoms with Gasteiger partial charge < -0.3 is 9.64 Å². The van der Waals surface area contributed by atoms with Crippen LogP contribution in [-0.2, 0) is 26.0 Å². The molecule has 2 aliphatic rings. The van der Waals surface area contributed by atoms with Crippen LogP contribution in [0.15, 0.2) is 29.2 Å². The summed E-state index contributed by atoms with van der Waals surface area (Å²) in [5, 5.41) is 0. The second-order valence-electron chi connectivity index (χ2n) is 6.98. The zero-order valence-electron chi connectivity index (χ0n) is 15.4. The van der Waals surface area contributed by atoms with Gasteiger partial charge in [-0.05, 0) is 30.5 Å². The Labute approximate surface area is 156 Å². The number of morpholine rings is 1. The van der Waals surface area contributed by atoms with Crippen LogP contribution in [0, 0.1) is 0 Å². The number of nitrogens with zero attached hydrogens (tertiary/aromatic N) is 2. The largest absolute Gasteiger partial charge is 0.378 e. The van der Waals surface area contributed by atoms with E-state index in [4.69, 9.17) is 4.74 Å². The third kappa shape index (κ3) is 4.45. The molecule has 2 aliphatic heterocycles. The average Bonchev–Trinajstić information content (AvgIpc) is 3.47. The van der Waals surface area contributed by atoms with Crippen molar-refractivity contribution in [2.24, 2.45) is 0 Å². The standard InChI is InChI=1S/C19H28N2O4S/c1-2-3-4-5-6-16-7-9-17(10-8-16)26(23,24)21-15-18(21)19(22)20-11-13-25-14-12-20/h7-10,18H,2-6,11-15H2,1H3. The summed E-state index contributed by atoms with van der Waals surface area (Å²) in [6.07, 6.45) is 5.75. The van der Waals surface area contributed by atoms with E-state index in [1.165, 1.54) is 23.6 Å². The van der Waals surface area contributed by atoms with Crippen LogP contribution in [0.3, 0.4) is 0 Å². The van der Waals surface area contributed by atoms with Crippen molar-refractivity contribution in [1.29, 1.82) is 0 Å². The minimum absolute atomic E-state index is 0.107. The first-order chi connectivity index (χ1) is 12.5. The first kappa shape index (κ1) is 19.3. The van der Waals surface area contributed by atoms with Crippen molar-refractivity contribution in [2.75, 3.05) is 32.8 Å². The molecule has 2 saturated heterocycles. The Morgan fingerprint density at radius 3 is 2.46 bits per heavy atom. The molecule has 0 aromatic heterocycles. The first-order valence-corrected chi connectivity index (χ1v) is 11.0. The molecule has 1 aromatic carbocycles. The lowest BCUT2D eigenvalue weighted by Gasteiger charge is -2.26. The fraction of sp³-hybridized carbons (Fsp3) is 0.632. The van der Waals surface area contributed by atoms with Gasteiger partial charge in [-0.1, -0.05) is 38.3 Å². The van der Waals surface area contributed by atoms with Gasteiger partial charge in [0.25, 0.3) is 0 Å². The lowest BCUT2D eigenvalue weighted by molar-refractivity contribution is -0.135. The predicted molar refractivity (Wildman–Crippen MR) is 99.4 cm³/mol. The third-order valence-corrected chi connectivity index (χ3v) is 6.91. The van der Waals surface area contributed by atoms with Crippen LogP contribution in [0.25, 0.3) is 0 Å². The summed E-state index contributed by atoms with van der Waals surface area (Å²) in [6.45, 7) is 4.57. The van der Waals surface area contributed by atoms with Crippen LogP contribution >= 0.6 is 0 Å². The van der Waals surface area contributed by atoms with Gasteiger partial charge in [-0.3, -0.25) is 4.79 Å². The highest BCUT2D eigenvalue weighted by molar-refractivity contribution is 7.89. The molecule has 1 amide bonds. The number of ether oxygens (including phenoxy) is 1. The van der Waals surface area contributed by atoms with Crippen molar-refractivity contribution in [3.8, 4) is 0 Å². The Morgan fingerprint density at radius 1 is 1.12 bits per heavy atom. The molecule has 0 saturated carbocycles. The van der Waals surface area contributed by atoms with Crippen LogP contribution in [-0.4, -0.2) is 62.4 Å². The fourth-order valence-electron chi connectivity index (χ4n) is 3.30. The monoisotopic (exact) mass is 380 g/mol. The molecule has 0 spiro atoms. The zero-order chi connectivity index (χ0) is 18.6. The molecular formula is C19H28N2O4S. The van der Waals surface area contributed by atoms with Crippen molar-refractivity contribution in [1.82, 2.24) is 9.21 Å². The smallest absolute Gasteiger partial charge is 0.243 e. The van der Waals surface area contributed by atoms with Crippen molar-refractivity contribution >= 4 is 15.9 Å². The lowest BCUT2D eigenvalue weighted by atomic mass is 10.1. The number of sulfonamides is 1. The summed E-state index contributed by atoms with van der Waals surface area (Å²) < 4.78 is 32.0. The van der Waals surface area contributed by atoms with Crippen molar-refractivity contribution in [3.05, 3.63) is 29.8 Å². The van der Waals surface area contributed by atoms with Gasteiger partial charge in [0.15, 0.2) is 0 Å². The topological polar surface area (TPSA) is 66.7 Å². The molecule has 2 fully saturated rings. The van der Waals surface area contributed by atoms with Gasteiger partial charge >= 0.3 is 0 Å². The third-order valence-electron chi connectivity index (χ3n) is 5.02. The van der Waals surface area contributed by atoms with Gasteiger partial charge in [-0.15, -0.1) is 0 Å². The van der Waals surface area contributed by atoms with Gasteiger partial charge in [0.1, 0.15) is 6.04 Å². The van der Waals surface area contributed by atoms with E-state index in [-0.39, 0.29) is 17.3 Å². The first-order valence-electron chi connectivity index (χ1n) is 9.51. The van der Waals surface area contributed by atoms with Crippen molar-refractivity contribution < 1.29 is 17.9 Å². The molecule has 2 atom stereocenters. The molecule has 26 heavy (non-hydrogen) atoms. The lowest BCUT2D eigenvalue weighted by Crippen LogP contribution is -2.43. The fourth-order valence-corrected chi connectivity index (χ4v) is 4.82. The van der Waals surface area contributed by atoms with E-state index in [0.29, 0.717) is 26.3 Å². The number of rotatable bonds is 8. The second-order valence-corrected chi connectivity index (χ2v) is 8.87. The Bertz CT molecular complexity index is 712. The van der Waals surface area contributed by atoms with Crippen LogP contribution in [0.1, 0.15) is 38.2 Å². The van der Waals surface area contributed by atoms with E-state index in [0.717, 1.165) is 18.4 Å². The van der Waals surface area contributed by atoms with Gasteiger partial charge in [0.05, 0.1) is 18.1 Å². The molecule has 0 N–H and O–H groups in total. The Morgan fingerprint density at radius 2 is 1.81 bits per heavy atom. The maximum absolute atomic E-state index is 12.7. The maximum atomic E-state index is 12.7. The summed E-state index contributed by atoms with van der Waals surface area (Å²) in [4.78, 5) is 14.4. The number of aryl methyl sites for hydroxylation is 1. The Kier molecular flexibility index (Phi) is 6.32. The van der Waals surface area contributed by atoms with Crippen molar-refractivity contribution in [2.45, 2.75) is 50.0 Å². The number of unbranched alkanes of at least 4 members (excludes halogenated alkanes) is 3. The highest BCUT2D eigenvalue weighted by atomic mass is 32.2. The highest BCUT2D eigenvalue weighted by Gasteiger charge is 2.50. The quantitative estimate of drug-likeness (QED) is 0.511. The van der Waals surface area contributed by atoms with E-state index < -0.39 is 16.1 Å². The minimum atomic E-state index is -3.59.